The maximum atomic E-state index is 12.8. The summed E-state index contributed by atoms with van der Waals surface area (Å²) in [5, 5.41) is 11.7. The molecular weight excluding hydrogens is 403 g/mol. The number of piperidine rings is 1. The van der Waals surface area contributed by atoms with Gasteiger partial charge in [0.05, 0.1) is 23.2 Å². The number of hydrogen-bond acceptors (Lipinski definition) is 5. The maximum Gasteiger partial charge on any atom is 0.260 e. The lowest BCUT2D eigenvalue weighted by atomic mass is 9.93. The Bertz CT molecular complexity index is 834. The monoisotopic (exact) mass is 424 g/mol. The molecule has 1 fully saturated rings. The highest BCUT2D eigenvalue weighted by Crippen LogP contribution is 2.33. The van der Waals surface area contributed by atoms with E-state index >= 15 is 0 Å². The summed E-state index contributed by atoms with van der Waals surface area (Å²) in [4.78, 5) is 18.6. The number of aliphatic hydroxyl groups is 1. The molecule has 1 amide bonds. The lowest BCUT2D eigenvalue weighted by Gasteiger charge is -2.38. The maximum absolute atomic E-state index is 12.8. The van der Waals surface area contributed by atoms with Crippen LogP contribution in [-0.4, -0.2) is 47.2 Å². The number of carbonyl (C=O) groups is 1. The summed E-state index contributed by atoms with van der Waals surface area (Å²) in [6.45, 7) is 0.416. The minimum Gasteiger partial charge on any atom is -0.496 e. The van der Waals surface area contributed by atoms with E-state index in [4.69, 9.17) is 32.7 Å². The minimum absolute atomic E-state index is 0.147. The van der Waals surface area contributed by atoms with Crippen molar-refractivity contribution in [2.24, 2.45) is 0 Å². The van der Waals surface area contributed by atoms with Crippen LogP contribution >= 0.6 is 23.2 Å². The summed E-state index contributed by atoms with van der Waals surface area (Å²) < 4.78 is 10.9. The number of nitrogens with zero attached hydrogens (tertiary/aromatic N) is 2. The second-order valence-electron chi connectivity index (χ2n) is 6.58. The van der Waals surface area contributed by atoms with Crippen LogP contribution in [-0.2, 0) is 4.79 Å². The minimum atomic E-state index is -0.891. The first kappa shape index (κ1) is 20.7. The number of methoxy groups -OCH3 is 1. The number of likely N-dealkylation sites (tertiary alicyclic amines) is 1. The highest BCUT2D eigenvalue weighted by molar-refractivity contribution is 6.42. The number of amides is 1. The number of benzene rings is 1. The van der Waals surface area contributed by atoms with Gasteiger partial charge in [-0.2, -0.15) is 0 Å². The van der Waals surface area contributed by atoms with Crippen molar-refractivity contribution < 1.29 is 19.4 Å². The summed E-state index contributed by atoms with van der Waals surface area (Å²) in [6, 6.07) is 6.18. The summed E-state index contributed by atoms with van der Waals surface area (Å²) in [5.74, 6) is 0.816. The molecule has 1 aliphatic heterocycles. The van der Waals surface area contributed by atoms with E-state index in [1.54, 1.807) is 48.7 Å². The third-order valence-corrected chi connectivity index (χ3v) is 5.58. The molecule has 6 nitrogen and oxygen atoms in total. The van der Waals surface area contributed by atoms with Crippen molar-refractivity contribution in [3.05, 3.63) is 52.3 Å². The van der Waals surface area contributed by atoms with E-state index in [0.29, 0.717) is 40.1 Å². The Labute approximate surface area is 174 Å². The molecule has 2 heterocycles. The number of carbonyl (C=O) groups excluding carboxylic acids is 1. The zero-order chi connectivity index (χ0) is 20.1. The fourth-order valence-corrected chi connectivity index (χ4v) is 3.69. The van der Waals surface area contributed by atoms with Gasteiger partial charge in [0.25, 0.3) is 5.91 Å². The lowest BCUT2D eigenvalue weighted by Crippen LogP contribution is -2.48. The van der Waals surface area contributed by atoms with E-state index in [0.717, 1.165) is 12.8 Å². The average molecular weight is 425 g/mol. The first-order valence-electron chi connectivity index (χ1n) is 9.04. The van der Waals surface area contributed by atoms with Crippen molar-refractivity contribution in [2.75, 3.05) is 20.3 Å². The quantitative estimate of drug-likeness (QED) is 0.761. The molecule has 1 aromatic heterocycles. The van der Waals surface area contributed by atoms with E-state index < -0.39 is 6.10 Å². The molecule has 3 rings (SSSR count). The van der Waals surface area contributed by atoms with Gasteiger partial charge in [0.15, 0.2) is 6.61 Å². The van der Waals surface area contributed by atoms with Crippen LogP contribution in [0.1, 0.15) is 30.9 Å². The summed E-state index contributed by atoms with van der Waals surface area (Å²) in [5.41, 5.74) is 0.570. The Hall–Kier alpha value is -2.02. The van der Waals surface area contributed by atoms with Gasteiger partial charge in [-0.3, -0.25) is 9.78 Å². The van der Waals surface area contributed by atoms with Crippen LogP contribution in [0.3, 0.4) is 0 Å². The highest BCUT2D eigenvalue weighted by Gasteiger charge is 2.34. The van der Waals surface area contributed by atoms with Gasteiger partial charge < -0.3 is 19.5 Å². The molecule has 2 aromatic rings. The van der Waals surface area contributed by atoms with Crippen LogP contribution in [0.2, 0.25) is 10.0 Å². The fourth-order valence-electron chi connectivity index (χ4n) is 3.40. The number of rotatable bonds is 6. The number of pyridine rings is 1. The first-order chi connectivity index (χ1) is 13.5. The summed E-state index contributed by atoms with van der Waals surface area (Å²) >= 11 is 11.9. The first-order valence-corrected chi connectivity index (χ1v) is 9.80. The van der Waals surface area contributed by atoms with Crippen molar-refractivity contribution in [2.45, 2.75) is 31.4 Å². The van der Waals surface area contributed by atoms with Crippen molar-refractivity contribution in [1.82, 2.24) is 9.88 Å². The van der Waals surface area contributed by atoms with E-state index in [-0.39, 0.29) is 18.6 Å². The molecule has 1 N–H and O–H groups in total. The Morgan fingerprint density at radius 1 is 1.32 bits per heavy atom. The smallest absolute Gasteiger partial charge is 0.260 e. The van der Waals surface area contributed by atoms with Crippen molar-refractivity contribution in [3.63, 3.8) is 0 Å². The van der Waals surface area contributed by atoms with E-state index in [2.05, 4.69) is 4.98 Å². The lowest BCUT2D eigenvalue weighted by molar-refractivity contribution is -0.140. The summed E-state index contributed by atoms with van der Waals surface area (Å²) in [7, 11) is 1.54. The van der Waals surface area contributed by atoms with Gasteiger partial charge in [0.1, 0.15) is 17.6 Å². The molecular formula is C20H22Cl2N2O4. The second kappa shape index (κ2) is 9.45. The van der Waals surface area contributed by atoms with Crippen molar-refractivity contribution in [1.29, 1.82) is 0 Å². The van der Waals surface area contributed by atoms with Gasteiger partial charge in [-0.15, -0.1) is 0 Å². The van der Waals surface area contributed by atoms with Crippen LogP contribution in [0.4, 0.5) is 0 Å². The van der Waals surface area contributed by atoms with Crippen LogP contribution in [0.5, 0.6) is 11.5 Å². The molecule has 8 heteroatoms. The molecule has 28 heavy (non-hydrogen) atoms. The zero-order valence-electron chi connectivity index (χ0n) is 15.5. The average Bonchev–Trinajstić information content (AvgIpc) is 2.73. The molecule has 0 aliphatic carbocycles. The van der Waals surface area contributed by atoms with Gasteiger partial charge in [0, 0.05) is 30.6 Å². The standard InChI is InChI=1S/C20H22Cl2N2O4/c1-27-18-7-8-23-11-14(18)20(26)17-4-2-3-9-24(17)19(25)12-28-13-5-6-15(21)16(22)10-13/h5-8,10-11,17,20,26H,2-4,9,12H2,1H3/t17-,20?/m1/s1. The number of aliphatic hydroxyl groups excluding tert-OH is 1. The number of aromatic nitrogens is 1. The third kappa shape index (κ3) is 4.69. The fraction of sp³-hybridized carbons (Fsp3) is 0.400. The van der Waals surface area contributed by atoms with Crippen LogP contribution < -0.4 is 9.47 Å². The second-order valence-corrected chi connectivity index (χ2v) is 7.39. The van der Waals surface area contributed by atoms with E-state index in [9.17, 15) is 9.90 Å². The predicted molar refractivity (Wildman–Crippen MR) is 107 cm³/mol. The van der Waals surface area contributed by atoms with Crippen molar-refractivity contribution in [3.8, 4) is 11.5 Å². The highest BCUT2D eigenvalue weighted by atomic mass is 35.5. The Kier molecular flexibility index (Phi) is 6.99. The molecule has 0 radical (unpaired) electrons. The Balaban J connectivity index is 1.71. The molecule has 0 saturated carbocycles. The SMILES string of the molecule is COc1ccncc1C(O)[C@H]1CCCCN1C(=O)COc1ccc(Cl)c(Cl)c1. The van der Waals surface area contributed by atoms with Crippen LogP contribution in [0.25, 0.3) is 0 Å². The normalized spacial score (nSPS) is 17.9. The number of ether oxygens (including phenoxy) is 2. The molecule has 1 unspecified atom stereocenters. The van der Waals surface area contributed by atoms with E-state index in [1.165, 1.54) is 0 Å². The molecule has 1 aliphatic rings. The van der Waals surface area contributed by atoms with Gasteiger partial charge in [-0.25, -0.2) is 0 Å². The van der Waals surface area contributed by atoms with Crippen LogP contribution in [0.15, 0.2) is 36.7 Å². The van der Waals surface area contributed by atoms with Gasteiger partial charge in [0.2, 0.25) is 0 Å². The molecule has 1 aromatic carbocycles. The van der Waals surface area contributed by atoms with Crippen molar-refractivity contribution >= 4 is 29.1 Å². The third-order valence-electron chi connectivity index (χ3n) is 4.84. The van der Waals surface area contributed by atoms with Gasteiger partial charge >= 0.3 is 0 Å². The van der Waals surface area contributed by atoms with Crippen LogP contribution in [0, 0.1) is 0 Å². The van der Waals surface area contributed by atoms with Gasteiger partial charge in [-0.1, -0.05) is 23.2 Å². The molecule has 0 spiro atoms. The Morgan fingerprint density at radius 2 is 2.14 bits per heavy atom. The Morgan fingerprint density at radius 3 is 2.89 bits per heavy atom. The number of halogens is 2. The topological polar surface area (TPSA) is 71.9 Å². The molecule has 1 saturated heterocycles. The zero-order valence-corrected chi connectivity index (χ0v) is 17.0. The summed E-state index contributed by atoms with van der Waals surface area (Å²) in [6.07, 6.45) is 4.79. The van der Waals surface area contributed by atoms with E-state index in [1.807, 2.05) is 0 Å². The van der Waals surface area contributed by atoms with Gasteiger partial charge in [-0.05, 0) is 37.5 Å². The molecule has 0 bridgehead atoms. The molecule has 2 atom stereocenters. The molecule has 150 valence electrons. The predicted octanol–water partition coefficient (Wildman–Crippen LogP) is 3.89. The number of hydrogen-bond donors (Lipinski definition) is 1. The largest absolute Gasteiger partial charge is 0.496 e.